The fourth-order valence-electron chi connectivity index (χ4n) is 2.93. The van der Waals surface area contributed by atoms with E-state index in [9.17, 15) is 9.59 Å². The fraction of sp³-hybridized carbons (Fsp3) is 0.600. The molecule has 0 spiro atoms. The van der Waals surface area contributed by atoms with E-state index in [1.54, 1.807) is 0 Å². The number of hydrogen-bond acceptors (Lipinski definition) is 6. The smallest absolute Gasteiger partial charge is 0.481 e. The number of nitrogens with one attached hydrogen (secondary N) is 2. The summed E-state index contributed by atoms with van der Waals surface area (Å²) in [5, 5.41) is 14.0. The van der Waals surface area contributed by atoms with E-state index in [0.29, 0.717) is 18.8 Å². The van der Waals surface area contributed by atoms with Gasteiger partial charge < -0.3 is 34.5 Å². The second kappa shape index (κ2) is 10.1. The van der Waals surface area contributed by atoms with Crippen LogP contribution in [0.4, 0.5) is 4.79 Å². The van der Waals surface area contributed by atoms with Crippen molar-refractivity contribution in [1.29, 1.82) is 0 Å². The van der Waals surface area contributed by atoms with Gasteiger partial charge >= 0.3 is 13.2 Å². The molecule has 1 heterocycles. The minimum atomic E-state index is -1.31. The number of hydrogen-bond donors (Lipinski definition) is 3. The quantitative estimate of drug-likeness (QED) is 0.493. The monoisotopic (exact) mass is 422 g/mol. The summed E-state index contributed by atoms with van der Waals surface area (Å²) in [6, 6.07) is 8.26. The molecule has 1 aromatic rings. The minimum absolute atomic E-state index is 0.102. The number of carbonyl (C=O) groups excluding carboxylic acids is 1. The van der Waals surface area contributed by atoms with E-state index in [0.717, 1.165) is 0 Å². The van der Waals surface area contributed by atoms with E-state index in [4.69, 9.17) is 23.9 Å². The first-order valence-corrected chi connectivity index (χ1v) is 9.88. The molecule has 2 amide bonds. The highest BCUT2D eigenvalue weighted by molar-refractivity contribution is 6.48. The molecule has 2 rings (SSSR count). The van der Waals surface area contributed by atoms with Gasteiger partial charge in [-0.05, 0) is 39.8 Å². The van der Waals surface area contributed by atoms with Crippen molar-refractivity contribution in [2.45, 2.75) is 57.3 Å². The van der Waals surface area contributed by atoms with Crippen molar-refractivity contribution < 1.29 is 33.5 Å². The number of benzene rings is 1. The van der Waals surface area contributed by atoms with Gasteiger partial charge in [0, 0.05) is 13.5 Å². The zero-order valence-electron chi connectivity index (χ0n) is 18.1. The van der Waals surface area contributed by atoms with Gasteiger partial charge in [-0.3, -0.25) is 4.79 Å². The number of para-hydroxylation sites is 1. The number of carbonyl (C=O) groups is 2. The van der Waals surface area contributed by atoms with Crippen LogP contribution in [0.25, 0.3) is 0 Å². The lowest BCUT2D eigenvalue weighted by molar-refractivity contribution is -0.124. The summed E-state index contributed by atoms with van der Waals surface area (Å²) >= 11 is 0. The Morgan fingerprint density at radius 2 is 1.70 bits per heavy atom. The Balaban J connectivity index is 2.09. The van der Waals surface area contributed by atoms with Crippen molar-refractivity contribution >= 4 is 19.1 Å². The molecule has 1 aliphatic rings. The highest BCUT2D eigenvalue weighted by Crippen LogP contribution is 2.37. The Kier molecular flexibility index (Phi) is 8.11. The molecule has 0 bridgehead atoms. The second-order valence-corrected chi connectivity index (χ2v) is 8.15. The highest BCUT2D eigenvalue weighted by atomic mass is 16.7. The third-order valence-electron chi connectivity index (χ3n) is 5.32. The zero-order valence-corrected chi connectivity index (χ0v) is 18.1. The molecule has 0 aromatic heterocycles. The second-order valence-electron chi connectivity index (χ2n) is 8.15. The van der Waals surface area contributed by atoms with E-state index in [-0.39, 0.29) is 6.61 Å². The standard InChI is InChI=1S/C20H31BN2O7/c1-19(2)20(3,4)30-21(29-19)16(11-12-28-14-9-7-6-8-10-14)23-17(24)15(13-27-5)22-18(25)26/h6-10,15-16,22H,11-13H2,1-5H3,(H,23,24)(H,25,26)/t15-,16+/m1/s1. The van der Waals surface area contributed by atoms with Crippen LogP contribution in [-0.2, 0) is 18.8 Å². The van der Waals surface area contributed by atoms with Crippen molar-refractivity contribution in [3.8, 4) is 5.75 Å². The molecule has 30 heavy (non-hydrogen) atoms. The molecule has 1 aromatic carbocycles. The molecule has 2 atom stereocenters. The lowest BCUT2D eigenvalue weighted by atomic mass is 9.76. The molecule has 1 saturated heterocycles. The van der Waals surface area contributed by atoms with Crippen LogP contribution >= 0.6 is 0 Å². The van der Waals surface area contributed by atoms with Gasteiger partial charge in [-0.15, -0.1) is 0 Å². The van der Waals surface area contributed by atoms with Crippen molar-refractivity contribution in [2.24, 2.45) is 0 Å². The average molecular weight is 422 g/mol. The predicted octanol–water partition coefficient (Wildman–Crippen LogP) is 1.85. The number of methoxy groups -OCH3 is 1. The Morgan fingerprint density at radius 1 is 1.10 bits per heavy atom. The van der Waals surface area contributed by atoms with Gasteiger partial charge in [0.25, 0.3) is 0 Å². The molecular weight excluding hydrogens is 391 g/mol. The van der Waals surface area contributed by atoms with Crippen LogP contribution in [0.5, 0.6) is 5.75 Å². The summed E-state index contributed by atoms with van der Waals surface area (Å²) in [5.41, 5.74) is -1.15. The third kappa shape index (κ3) is 6.35. The first-order chi connectivity index (χ1) is 14.1. The van der Waals surface area contributed by atoms with Gasteiger partial charge in [0.15, 0.2) is 0 Å². The molecule has 1 fully saturated rings. The van der Waals surface area contributed by atoms with E-state index in [2.05, 4.69) is 10.6 Å². The van der Waals surface area contributed by atoms with Crippen molar-refractivity contribution in [3.05, 3.63) is 30.3 Å². The summed E-state index contributed by atoms with van der Waals surface area (Å²) < 4.78 is 22.9. The minimum Gasteiger partial charge on any atom is -0.494 e. The summed E-state index contributed by atoms with van der Waals surface area (Å²) in [5.74, 6) is -0.378. The largest absolute Gasteiger partial charge is 0.494 e. The van der Waals surface area contributed by atoms with Gasteiger partial charge in [0.05, 0.1) is 30.4 Å². The molecule has 9 nitrogen and oxygen atoms in total. The Morgan fingerprint density at radius 3 is 2.23 bits per heavy atom. The predicted molar refractivity (Wildman–Crippen MR) is 111 cm³/mol. The number of amides is 2. The maximum Gasteiger partial charge on any atom is 0.481 e. The molecular formula is C20H31BN2O7. The Labute approximate surface area is 177 Å². The van der Waals surface area contributed by atoms with Gasteiger partial charge in [-0.25, -0.2) is 4.79 Å². The summed E-state index contributed by atoms with van der Waals surface area (Å²) in [7, 11) is 0.676. The zero-order chi connectivity index (χ0) is 22.4. The van der Waals surface area contributed by atoms with E-state index in [1.807, 2.05) is 58.0 Å². The van der Waals surface area contributed by atoms with Crippen LogP contribution in [0.1, 0.15) is 34.1 Å². The van der Waals surface area contributed by atoms with Gasteiger partial charge in [-0.1, -0.05) is 18.2 Å². The average Bonchev–Trinajstić information content (AvgIpc) is 2.88. The first kappa shape index (κ1) is 24.0. The van der Waals surface area contributed by atoms with E-state index in [1.165, 1.54) is 7.11 Å². The first-order valence-electron chi connectivity index (χ1n) is 9.88. The summed E-state index contributed by atoms with van der Waals surface area (Å²) in [6.45, 7) is 7.89. The third-order valence-corrected chi connectivity index (χ3v) is 5.32. The maximum absolute atomic E-state index is 12.7. The van der Waals surface area contributed by atoms with Crippen molar-refractivity contribution in [3.63, 3.8) is 0 Å². The highest BCUT2D eigenvalue weighted by Gasteiger charge is 2.54. The molecule has 10 heteroatoms. The SMILES string of the molecule is COC[C@@H](NC(=O)O)C(=O)N[C@@H](CCOc1ccccc1)B1OC(C)(C)C(C)(C)O1. The van der Waals surface area contributed by atoms with Gasteiger partial charge in [0.2, 0.25) is 5.91 Å². The fourth-order valence-corrected chi connectivity index (χ4v) is 2.93. The summed E-state index contributed by atoms with van der Waals surface area (Å²) in [4.78, 5) is 23.7. The molecule has 0 unspecified atom stereocenters. The molecule has 0 radical (unpaired) electrons. The maximum atomic E-state index is 12.7. The topological polar surface area (TPSA) is 115 Å². The lowest BCUT2D eigenvalue weighted by Gasteiger charge is -2.32. The van der Waals surface area contributed by atoms with Crippen LogP contribution in [-0.4, -0.2) is 67.7 Å². The Hall–Kier alpha value is -2.30. The number of ether oxygens (including phenoxy) is 2. The molecule has 166 valence electrons. The van der Waals surface area contributed by atoms with Gasteiger partial charge in [-0.2, -0.15) is 0 Å². The molecule has 0 aliphatic carbocycles. The number of rotatable bonds is 10. The van der Waals surface area contributed by atoms with Crippen LogP contribution in [0.2, 0.25) is 0 Å². The van der Waals surface area contributed by atoms with E-state index < -0.39 is 42.3 Å². The molecule has 0 saturated carbocycles. The van der Waals surface area contributed by atoms with Crippen LogP contribution in [0.15, 0.2) is 30.3 Å². The van der Waals surface area contributed by atoms with Crippen LogP contribution < -0.4 is 15.4 Å². The molecule has 3 N–H and O–H groups in total. The summed E-state index contributed by atoms with van der Waals surface area (Å²) in [6.07, 6.45) is -0.920. The van der Waals surface area contributed by atoms with Crippen molar-refractivity contribution in [1.82, 2.24) is 10.6 Å². The Bertz CT molecular complexity index is 698. The molecule has 1 aliphatic heterocycles. The van der Waals surface area contributed by atoms with E-state index >= 15 is 0 Å². The van der Waals surface area contributed by atoms with Crippen LogP contribution in [0.3, 0.4) is 0 Å². The van der Waals surface area contributed by atoms with Crippen LogP contribution in [0, 0.1) is 0 Å². The number of carboxylic acid groups (broad SMARTS) is 1. The lowest BCUT2D eigenvalue weighted by Crippen LogP contribution is -2.56. The van der Waals surface area contributed by atoms with Crippen molar-refractivity contribution in [2.75, 3.05) is 20.3 Å². The van der Waals surface area contributed by atoms with Gasteiger partial charge in [0.1, 0.15) is 11.8 Å². The normalized spacial score (nSPS) is 19.0.